The maximum atomic E-state index is 12.5. The number of hydrogen-bond donors (Lipinski definition) is 2. The number of aliphatic hydroxyl groups is 1. The van der Waals surface area contributed by atoms with Crippen molar-refractivity contribution in [2.24, 2.45) is 7.05 Å². The van der Waals surface area contributed by atoms with Gasteiger partial charge in [-0.15, -0.1) is 0 Å². The lowest BCUT2D eigenvalue weighted by Gasteiger charge is -2.21. The second-order valence-corrected chi connectivity index (χ2v) is 4.87. The number of carbonyl (C=O) groups is 2. The fraction of sp³-hybridized carbons (Fsp3) is 0.583. The number of aliphatic hydroxyl groups excluding tert-OH is 1. The summed E-state index contributed by atoms with van der Waals surface area (Å²) in [4.78, 5) is 24.8. The number of rotatable bonds is 2. The van der Waals surface area contributed by atoms with Crippen LogP contribution in [0.2, 0.25) is 0 Å². The predicted molar refractivity (Wildman–Crippen MR) is 65.8 cm³/mol. The predicted octanol–water partition coefficient (Wildman–Crippen LogP) is -0.303. The summed E-state index contributed by atoms with van der Waals surface area (Å²) in [5.41, 5.74) is 1.67. The van der Waals surface area contributed by atoms with Crippen molar-refractivity contribution in [3.05, 3.63) is 17.0 Å². The average molecular weight is 267 g/mol. The second-order valence-electron chi connectivity index (χ2n) is 4.87. The number of aliphatic carboxylic acids is 1. The molecule has 19 heavy (non-hydrogen) atoms. The van der Waals surface area contributed by atoms with Gasteiger partial charge in [0, 0.05) is 25.7 Å². The zero-order valence-electron chi connectivity index (χ0n) is 11.1. The van der Waals surface area contributed by atoms with Crippen LogP contribution in [0.25, 0.3) is 0 Å². The van der Waals surface area contributed by atoms with Crippen molar-refractivity contribution in [1.82, 2.24) is 14.7 Å². The topological polar surface area (TPSA) is 95.7 Å². The first kappa shape index (κ1) is 13.5. The van der Waals surface area contributed by atoms with E-state index in [4.69, 9.17) is 5.11 Å². The van der Waals surface area contributed by atoms with E-state index in [1.807, 2.05) is 0 Å². The maximum Gasteiger partial charge on any atom is 0.326 e. The zero-order chi connectivity index (χ0) is 14.3. The van der Waals surface area contributed by atoms with E-state index in [-0.39, 0.29) is 18.9 Å². The Morgan fingerprint density at radius 1 is 1.37 bits per heavy atom. The minimum absolute atomic E-state index is 0.0452. The fourth-order valence-corrected chi connectivity index (χ4v) is 2.50. The summed E-state index contributed by atoms with van der Waals surface area (Å²) in [7, 11) is 1.73. The Morgan fingerprint density at radius 3 is 2.47 bits per heavy atom. The molecule has 7 heteroatoms. The Labute approximate surface area is 110 Å². The number of nitrogens with zero attached hydrogens (tertiary/aromatic N) is 3. The van der Waals surface area contributed by atoms with Gasteiger partial charge in [-0.3, -0.25) is 9.48 Å². The third-order valence-electron chi connectivity index (χ3n) is 3.55. The first-order valence-corrected chi connectivity index (χ1v) is 6.05. The van der Waals surface area contributed by atoms with E-state index >= 15 is 0 Å². The third kappa shape index (κ3) is 2.21. The number of amides is 1. The smallest absolute Gasteiger partial charge is 0.326 e. The summed E-state index contributed by atoms with van der Waals surface area (Å²) in [6.07, 6.45) is -0.721. The molecule has 0 saturated carbocycles. The average Bonchev–Trinajstić information content (AvgIpc) is 2.81. The highest BCUT2D eigenvalue weighted by Gasteiger charge is 2.40. The van der Waals surface area contributed by atoms with Gasteiger partial charge in [0.25, 0.3) is 5.91 Å². The van der Waals surface area contributed by atoms with Crippen molar-refractivity contribution in [3.63, 3.8) is 0 Å². The van der Waals surface area contributed by atoms with Gasteiger partial charge in [0.15, 0.2) is 0 Å². The van der Waals surface area contributed by atoms with Crippen LogP contribution in [0.1, 0.15) is 28.2 Å². The Kier molecular flexibility index (Phi) is 3.32. The van der Waals surface area contributed by atoms with Crippen LogP contribution in [0.3, 0.4) is 0 Å². The van der Waals surface area contributed by atoms with Gasteiger partial charge in [-0.1, -0.05) is 0 Å². The number of carboxylic acids is 1. The monoisotopic (exact) mass is 267 g/mol. The maximum absolute atomic E-state index is 12.5. The van der Waals surface area contributed by atoms with Gasteiger partial charge in [-0.25, -0.2) is 4.79 Å². The van der Waals surface area contributed by atoms with Crippen LogP contribution >= 0.6 is 0 Å². The number of β-amino-alcohol motifs (C(OH)–C–C–N with tert-alkyl or cyclic N) is 1. The molecule has 0 bridgehead atoms. The quantitative estimate of drug-likeness (QED) is 0.766. The Morgan fingerprint density at radius 2 is 2.00 bits per heavy atom. The van der Waals surface area contributed by atoms with E-state index in [0.717, 1.165) is 0 Å². The molecule has 1 aromatic rings. The molecule has 2 atom stereocenters. The third-order valence-corrected chi connectivity index (χ3v) is 3.55. The van der Waals surface area contributed by atoms with Crippen LogP contribution < -0.4 is 0 Å². The van der Waals surface area contributed by atoms with E-state index in [1.165, 1.54) is 4.90 Å². The van der Waals surface area contributed by atoms with E-state index < -0.39 is 18.1 Å². The fourth-order valence-electron chi connectivity index (χ4n) is 2.50. The molecule has 0 aliphatic carbocycles. The molecule has 1 aromatic heterocycles. The van der Waals surface area contributed by atoms with E-state index in [9.17, 15) is 14.7 Å². The molecule has 0 unspecified atom stereocenters. The minimum atomic E-state index is -1.09. The summed E-state index contributed by atoms with van der Waals surface area (Å²) in [5.74, 6) is -1.48. The Bertz CT molecular complexity index is 537. The highest BCUT2D eigenvalue weighted by molar-refractivity contribution is 5.98. The molecule has 0 spiro atoms. The van der Waals surface area contributed by atoms with Crippen molar-refractivity contribution in [2.75, 3.05) is 6.54 Å². The summed E-state index contributed by atoms with van der Waals surface area (Å²) < 4.78 is 1.59. The number of carbonyl (C=O) groups excluding carboxylic acids is 1. The molecule has 2 rings (SSSR count). The number of aryl methyl sites for hydroxylation is 2. The van der Waals surface area contributed by atoms with E-state index in [2.05, 4.69) is 5.10 Å². The number of aromatic nitrogens is 2. The number of carboxylic acid groups (broad SMARTS) is 1. The minimum Gasteiger partial charge on any atom is -0.480 e. The standard InChI is InChI=1S/C12H17N3O4/c1-6-10(7(2)14(3)13-6)11(17)15-5-8(16)4-9(15)12(18)19/h8-9,16H,4-5H2,1-3H3,(H,18,19)/t8-,9+/m1/s1. The molecule has 2 heterocycles. The highest BCUT2D eigenvalue weighted by atomic mass is 16.4. The van der Waals surface area contributed by atoms with Crippen molar-refractivity contribution in [1.29, 1.82) is 0 Å². The molecule has 1 aliphatic rings. The normalized spacial score (nSPS) is 22.8. The zero-order valence-corrected chi connectivity index (χ0v) is 11.1. The molecular weight excluding hydrogens is 250 g/mol. The second kappa shape index (κ2) is 4.65. The van der Waals surface area contributed by atoms with Crippen LogP contribution in [0.5, 0.6) is 0 Å². The first-order chi connectivity index (χ1) is 8.82. The molecule has 1 amide bonds. The van der Waals surface area contributed by atoms with Crippen LogP contribution in [-0.2, 0) is 11.8 Å². The molecule has 7 nitrogen and oxygen atoms in total. The molecular formula is C12H17N3O4. The van der Waals surface area contributed by atoms with Crippen LogP contribution in [-0.4, -0.2) is 55.5 Å². The summed E-state index contributed by atoms with van der Waals surface area (Å²) >= 11 is 0. The van der Waals surface area contributed by atoms with Gasteiger partial charge >= 0.3 is 5.97 Å². The summed E-state index contributed by atoms with van der Waals surface area (Å²) in [6, 6.07) is -0.971. The van der Waals surface area contributed by atoms with Crippen LogP contribution in [0.15, 0.2) is 0 Å². The van der Waals surface area contributed by atoms with Crippen molar-refractivity contribution >= 4 is 11.9 Å². The molecule has 1 fully saturated rings. The van der Waals surface area contributed by atoms with Crippen molar-refractivity contribution in [3.8, 4) is 0 Å². The molecule has 0 radical (unpaired) electrons. The lowest BCUT2D eigenvalue weighted by Crippen LogP contribution is -2.41. The Hall–Kier alpha value is -1.89. The van der Waals surface area contributed by atoms with Gasteiger partial charge in [-0.05, 0) is 13.8 Å². The number of likely N-dealkylation sites (tertiary alicyclic amines) is 1. The SMILES string of the molecule is Cc1nn(C)c(C)c1C(=O)N1C[C@H](O)C[C@H]1C(=O)O. The van der Waals surface area contributed by atoms with Crippen molar-refractivity contribution < 1.29 is 19.8 Å². The molecule has 1 saturated heterocycles. The highest BCUT2D eigenvalue weighted by Crippen LogP contribution is 2.23. The van der Waals surface area contributed by atoms with Gasteiger partial charge < -0.3 is 15.1 Å². The van der Waals surface area contributed by atoms with Gasteiger partial charge in [0.05, 0.1) is 17.4 Å². The van der Waals surface area contributed by atoms with E-state index in [1.54, 1.807) is 25.6 Å². The van der Waals surface area contributed by atoms with Crippen LogP contribution in [0, 0.1) is 13.8 Å². The molecule has 104 valence electrons. The van der Waals surface area contributed by atoms with Crippen molar-refractivity contribution in [2.45, 2.75) is 32.4 Å². The van der Waals surface area contributed by atoms with Gasteiger partial charge in [0.2, 0.25) is 0 Å². The van der Waals surface area contributed by atoms with Gasteiger partial charge in [0.1, 0.15) is 6.04 Å². The summed E-state index contributed by atoms with van der Waals surface area (Å²) in [5, 5.41) is 22.8. The van der Waals surface area contributed by atoms with Crippen LogP contribution in [0.4, 0.5) is 0 Å². The molecule has 1 aliphatic heterocycles. The number of hydrogen-bond acceptors (Lipinski definition) is 4. The van der Waals surface area contributed by atoms with Gasteiger partial charge in [-0.2, -0.15) is 5.10 Å². The first-order valence-electron chi connectivity index (χ1n) is 6.05. The molecule has 0 aromatic carbocycles. The lowest BCUT2D eigenvalue weighted by atomic mass is 10.1. The lowest BCUT2D eigenvalue weighted by molar-refractivity contribution is -0.141. The largest absolute Gasteiger partial charge is 0.480 e. The van der Waals surface area contributed by atoms with E-state index in [0.29, 0.717) is 17.0 Å². The Balaban J connectivity index is 2.36. The summed E-state index contributed by atoms with van der Waals surface area (Å²) in [6.45, 7) is 3.52. The molecule has 2 N–H and O–H groups in total.